The fourth-order valence-electron chi connectivity index (χ4n) is 4.04. The number of H-pyrrole nitrogens is 1. The number of benzene rings is 3. The van der Waals surface area contributed by atoms with E-state index in [1.165, 1.54) is 0 Å². The van der Waals surface area contributed by atoms with Crippen LogP contribution in [0.25, 0.3) is 10.9 Å². The Labute approximate surface area is 212 Å². The van der Waals surface area contributed by atoms with Gasteiger partial charge in [-0.3, -0.25) is 9.69 Å². The molecule has 0 aliphatic rings. The maximum absolute atomic E-state index is 12.8. The van der Waals surface area contributed by atoms with Crippen LogP contribution < -0.4 is 4.90 Å². The molecule has 36 heavy (non-hydrogen) atoms. The van der Waals surface area contributed by atoms with E-state index in [-0.39, 0.29) is 11.8 Å². The summed E-state index contributed by atoms with van der Waals surface area (Å²) < 4.78 is 0. The van der Waals surface area contributed by atoms with Gasteiger partial charge in [-0.2, -0.15) is 0 Å². The number of nitrogens with zero attached hydrogens (tertiary/aromatic N) is 4. The molecule has 0 spiro atoms. The number of rotatable bonds is 9. The Balaban J connectivity index is 1.61. The summed E-state index contributed by atoms with van der Waals surface area (Å²) in [5.74, 6) is 0.111. The first-order valence-electron chi connectivity index (χ1n) is 12.0. The van der Waals surface area contributed by atoms with E-state index in [1.807, 2.05) is 105 Å². The molecule has 0 aliphatic heterocycles. The van der Waals surface area contributed by atoms with Crippen molar-refractivity contribution in [2.24, 2.45) is 4.99 Å². The second-order valence-corrected chi connectivity index (χ2v) is 9.23. The summed E-state index contributed by atoms with van der Waals surface area (Å²) in [6.07, 6.45) is 0. The number of anilines is 1. The lowest BCUT2D eigenvalue weighted by molar-refractivity contribution is -0.119. The summed E-state index contributed by atoms with van der Waals surface area (Å²) in [5.41, 5.74) is 4.61. The number of aromatic hydroxyl groups is 1. The first-order chi connectivity index (χ1) is 17.3. The monoisotopic (exact) mass is 483 g/mol. The number of fused-ring (bicyclic) bond motifs is 1. The number of hydrogen-bond acceptors (Lipinski definition) is 5. The predicted octanol–water partition coefficient (Wildman–Crippen LogP) is 4.50. The van der Waals surface area contributed by atoms with Gasteiger partial charge in [0.2, 0.25) is 5.91 Å². The maximum Gasteiger partial charge on any atom is 0.240 e. The molecule has 0 unspecified atom stereocenters. The third-order valence-corrected chi connectivity index (χ3v) is 6.16. The van der Waals surface area contributed by atoms with Crippen molar-refractivity contribution in [2.75, 3.05) is 52.7 Å². The smallest absolute Gasteiger partial charge is 0.240 e. The molecule has 0 aliphatic carbocycles. The number of hydrogen-bond donors (Lipinski definition) is 2. The van der Waals surface area contributed by atoms with Crippen LogP contribution in [0.2, 0.25) is 0 Å². The molecule has 0 saturated carbocycles. The number of para-hydroxylation sites is 1. The molecule has 2 N–H and O–H groups in total. The Bertz CT molecular complexity index is 1340. The number of aliphatic imine (C=N–C) groups is 1. The predicted molar refractivity (Wildman–Crippen MR) is 148 cm³/mol. The fourth-order valence-corrected chi connectivity index (χ4v) is 4.04. The summed E-state index contributed by atoms with van der Waals surface area (Å²) in [6.45, 7) is 2.07. The van der Waals surface area contributed by atoms with Crippen LogP contribution in [0.4, 0.5) is 11.4 Å². The van der Waals surface area contributed by atoms with Gasteiger partial charge < -0.3 is 19.9 Å². The van der Waals surface area contributed by atoms with E-state index in [4.69, 9.17) is 4.99 Å². The van der Waals surface area contributed by atoms with Crippen molar-refractivity contribution in [3.05, 3.63) is 90.0 Å². The minimum atomic E-state index is 0.0289. The van der Waals surface area contributed by atoms with Crippen molar-refractivity contribution >= 4 is 33.9 Å². The van der Waals surface area contributed by atoms with Crippen LogP contribution in [-0.4, -0.2) is 79.3 Å². The third-order valence-electron chi connectivity index (χ3n) is 6.16. The standard InChI is InChI=1S/C29H33N5O2/c1-32(2)18-19-33(3)20-26(35)34(4)23-16-14-22(15-17-23)30-28(21-10-6-5-7-11-21)27-24-12-8-9-13-25(24)31-29(27)36/h5-17,31,36H,18-20H2,1-4H3. The fraction of sp³-hybridized carbons (Fsp3) is 0.241. The maximum atomic E-state index is 12.8. The van der Waals surface area contributed by atoms with E-state index in [9.17, 15) is 9.90 Å². The number of aromatic nitrogens is 1. The summed E-state index contributed by atoms with van der Waals surface area (Å²) in [6, 6.07) is 25.2. The second kappa shape index (κ2) is 11.2. The van der Waals surface area contributed by atoms with Crippen LogP contribution >= 0.6 is 0 Å². The van der Waals surface area contributed by atoms with Crippen LogP contribution in [0.5, 0.6) is 5.88 Å². The Morgan fingerprint density at radius 1 is 0.861 bits per heavy atom. The Morgan fingerprint density at radius 2 is 1.53 bits per heavy atom. The van der Waals surface area contributed by atoms with E-state index >= 15 is 0 Å². The van der Waals surface area contributed by atoms with E-state index < -0.39 is 0 Å². The van der Waals surface area contributed by atoms with Gasteiger partial charge in [-0.25, -0.2) is 4.99 Å². The molecule has 1 heterocycles. The van der Waals surface area contributed by atoms with E-state index in [1.54, 1.807) is 11.9 Å². The third kappa shape index (κ3) is 5.82. The minimum absolute atomic E-state index is 0.0289. The highest BCUT2D eigenvalue weighted by molar-refractivity contribution is 6.21. The van der Waals surface area contributed by atoms with Crippen LogP contribution in [0.3, 0.4) is 0 Å². The number of likely N-dealkylation sites (N-methyl/N-ethyl adjacent to an activating group) is 3. The lowest BCUT2D eigenvalue weighted by atomic mass is 10.0. The highest BCUT2D eigenvalue weighted by atomic mass is 16.3. The lowest BCUT2D eigenvalue weighted by Gasteiger charge is -2.23. The van der Waals surface area contributed by atoms with Gasteiger partial charge in [0.05, 0.1) is 23.5 Å². The number of carbonyl (C=O) groups excluding carboxylic acids is 1. The van der Waals surface area contributed by atoms with E-state index in [0.717, 1.165) is 40.9 Å². The molecule has 4 rings (SSSR count). The summed E-state index contributed by atoms with van der Waals surface area (Å²) in [4.78, 5) is 26.6. The van der Waals surface area contributed by atoms with E-state index in [2.05, 4.69) is 9.88 Å². The van der Waals surface area contributed by atoms with Gasteiger partial charge in [0.15, 0.2) is 5.88 Å². The Kier molecular flexibility index (Phi) is 7.83. The van der Waals surface area contributed by atoms with Crippen molar-refractivity contribution in [1.29, 1.82) is 0 Å². The second-order valence-electron chi connectivity index (χ2n) is 9.23. The van der Waals surface area contributed by atoms with Gasteiger partial charge in [-0.15, -0.1) is 0 Å². The van der Waals surface area contributed by atoms with Gasteiger partial charge in [-0.05, 0) is 51.5 Å². The van der Waals surface area contributed by atoms with Crippen LogP contribution in [-0.2, 0) is 4.79 Å². The molecule has 0 bridgehead atoms. The molecule has 0 saturated heterocycles. The Morgan fingerprint density at radius 3 is 2.22 bits per heavy atom. The molecule has 1 aromatic heterocycles. The molecule has 186 valence electrons. The number of carbonyl (C=O) groups is 1. The van der Waals surface area contributed by atoms with Gasteiger partial charge in [0, 0.05) is 42.3 Å². The highest BCUT2D eigenvalue weighted by Gasteiger charge is 2.19. The molecular formula is C29H33N5O2. The average molecular weight is 484 g/mol. The number of nitrogens with one attached hydrogen (secondary N) is 1. The molecule has 4 aromatic rings. The van der Waals surface area contributed by atoms with Crippen molar-refractivity contribution in [3.8, 4) is 5.88 Å². The average Bonchev–Trinajstić information content (AvgIpc) is 3.22. The van der Waals surface area contributed by atoms with Crippen molar-refractivity contribution in [3.63, 3.8) is 0 Å². The first kappa shape index (κ1) is 25.2. The molecule has 1 amide bonds. The summed E-state index contributed by atoms with van der Waals surface area (Å²) in [7, 11) is 7.79. The van der Waals surface area contributed by atoms with Crippen molar-refractivity contribution in [2.45, 2.75) is 0 Å². The largest absolute Gasteiger partial charge is 0.494 e. The van der Waals surface area contributed by atoms with Crippen molar-refractivity contribution in [1.82, 2.24) is 14.8 Å². The Hall–Kier alpha value is -3.94. The zero-order chi connectivity index (χ0) is 25.7. The molecule has 0 radical (unpaired) electrons. The zero-order valence-electron chi connectivity index (χ0n) is 21.3. The zero-order valence-corrected chi connectivity index (χ0v) is 21.3. The SMILES string of the molecule is CN(C)CCN(C)CC(=O)N(C)c1ccc(N=C(c2ccccc2)c2c(O)[nH]c3ccccc23)cc1. The van der Waals surface area contributed by atoms with Gasteiger partial charge >= 0.3 is 0 Å². The topological polar surface area (TPSA) is 75.2 Å². The minimum Gasteiger partial charge on any atom is -0.494 e. The van der Waals surface area contributed by atoms with Gasteiger partial charge in [0.1, 0.15) is 0 Å². The van der Waals surface area contributed by atoms with E-state index in [0.29, 0.717) is 17.8 Å². The summed E-state index contributed by atoms with van der Waals surface area (Å²) in [5, 5.41) is 11.7. The van der Waals surface area contributed by atoms with Crippen molar-refractivity contribution < 1.29 is 9.90 Å². The molecular weight excluding hydrogens is 450 g/mol. The normalized spacial score (nSPS) is 12.0. The van der Waals surface area contributed by atoms with Crippen LogP contribution in [0.15, 0.2) is 83.9 Å². The summed E-state index contributed by atoms with van der Waals surface area (Å²) >= 11 is 0. The first-order valence-corrected chi connectivity index (χ1v) is 12.0. The number of amides is 1. The molecule has 7 nitrogen and oxygen atoms in total. The van der Waals surface area contributed by atoms with Gasteiger partial charge in [0.25, 0.3) is 0 Å². The highest BCUT2D eigenvalue weighted by Crippen LogP contribution is 2.31. The number of aromatic amines is 1. The quantitative estimate of drug-likeness (QED) is 0.344. The van der Waals surface area contributed by atoms with Crippen LogP contribution in [0, 0.1) is 0 Å². The molecule has 0 fully saturated rings. The lowest BCUT2D eigenvalue weighted by Crippen LogP contribution is -2.39. The van der Waals surface area contributed by atoms with Gasteiger partial charge in [-0.1, -0.05) is 48.5 Å². The molecule has 3 aromatic carbocycles. The van der Waals surface area contributed by atoms with Crippen LogP contribution in [0.1, 0.15) is 11.1 Å². The molecule has 0 atom stereocenters. The molecule has 7 heteroatoms.